The van der Waals surface area contributed by atoms with Crippen LogP contribution in [-0.2, 0) is 18.6 Å². The SMILES string of the molecule is C[C@@H]1Cc2nn3c(c2CN1C(=O)c1ccc(Cl)c(F)n1)C(=O)N([C@H](C)c1ccc(C(C)(C)O)nc1)C[C@H]3C. The number of amides is 2. The van der Waals surface area contributed by atoms with E-state index in [0.29, 0.717) is 29.9 Å². The molecule has 3 atom stereocenters. The molecule has 3 aromatic heterocycles. The predicted octanol–water partition coefficient (Wildman–Crippen LogP) is 4.06. The first-order chi connectivity index (χ1) is 17.9. The molecule has 5 rings (SSSR count). The highest BCUT2D eigenvalue weighted by Gasteiger charge is 2.41. The van der Waals surface area contributed by atoms with Gasteiger partial charge in [-0.1, -0.05) is 17.7 Å². The highest BCUT2D eigenvalue weighted by Crippen LogP contribution is 2.35. The molecule has 2 aliphatic heterocycles. The summed E-state index contributed by atoms with van der Waals surface area (Å²) in [5.41, 5.74) is 2.26. The Morgan fingerprint density at radius 2 is 1.95 bits per heavy atom. The summed E-state index contributed by atoms with van der Waals surface area (Å²) in [4.78, 5) is 38.7. The van der Waals surface area contributed by atoms with Crippen LogP contribution in [0.25, 0.3) is 0 Å². The lowest BCUT2D eigenvalue weighted by molar-refractivity contribution is 0.0571. The largest absolute Gasteiger partial charge is 0.384 e. The van der Waals surface area contributed by atoms with Crippen LogP contribution < -0.4 is 0 Å². The van der Waals surface area contributed by atoms with E-state index in [1.165, 1.54) is 12.1 Å². The van der Waals surface area contributed by atoms with Crippen LogP contribution in [-0.4, -0.2) is 59.1 Å². The maximum absolute atomic E-state index is 14.0. The van der Waals surface area contributed by atoms with E-state index in [4.69, 9.17) is 16.7 Å². The van der Waals surface area contributed by atoms with E-state index in [9.17, 15) is 19.1 Å². The summed E-state index contributed by atoms with van der Waals surface area (Å²) in [5.74, 6) is -1.50. The van der Waals surface area contributed by atoms with E-state index in [0.717, 1.165) is 11.3 Å². The van der Waals surface area contributed by atoms with Gasteiger partial charge in [0.25, 0.3) is 11.8 Å². The van der Waals surface area contributed by atoms with Crippen molar-refractivity contribution in [2.24, 2.45) is 0 Å². The van der Waals surface area contributed by atoms with Gasteiger partial charge in [0.1, 0.15) is 17.0 Å². The maximum Gasteiger partial charge on any atom is 0.273 e. The van der Waals surface area contributed by atoms with Crippen LogP contribution in [0.3, 0.4) is 0 Å². The number of hydrogen-bond acceptors (Lipinski definition) is 6. The Morgan fingerprint density at radius 3 is 2.58 bits per heavy atom. The fourth-order valence-electron chi connectivity index (χ4n) is 5.17. The monoisotopic (exact) mass is 540 g/mol. The first-order valence-corrected chi connectivity index (χ1v) is 13.0. The van der Waals surface area contributed by atoms with Crippen LogP contribution in [0, 0.1) is 5.95 Å². The quantitative estimate of drug-likeness (QED) is 0.500. The smallest absolute Gasteiger partial charge is 0.273 e. The zero-order valence-electron chi connectivity index (χ0n) is 21.9. The van der Waals surface area contributed by atoms with E-state index in [2.05, 4.69) is 9.97 Å². The van der Waals surface area contributed by atoms with Crippen molar-refractivity contribution >= 4 is 23.4 Å². The molecule has 0 aromatic carbocycles. The lowest BCUT2D eigenvalue weighted by atomic mass is 9.97. The first kappa shape index (κ1) is 26.2. The molecule has 0 spiro atoms. The first-order valence-electron chi connectivity index (χ1n) is 12.6. The number of hydrogen-bond donors (Lipinski definition) is 1. The second-order valence-electron chi connectivity index (χ2n) is 10.7. The number of fused-ring (bicyclic) bond motifs is 3. The summed E-state index contributed by atoms with van der Waals surface area (Å²) >= 11 is 5.74. The van der Waals surface area contributed by atoms with E-state index >= 15 is 0 Å². The minimum atomic E-state index is -1.06. The Balaban J connectivity index is 1.45. The standard InChI is InChI=1S/C27H30ClFN6O3/c1-14-10-21-18(13-33(14)25(36)20-8-7-19(28)24(29)31-20)23-26(37)34(12-15(2)35(23)32-21)16(3)17-6-9-22(30-11-17)27(4,5)38/h6-9,11,14-16,38H,10,12-13H2,1-5H3/t14-,15-,16-/m1/s1. The van der Waals surface area contributed by atoms with Gasteiger partial charge in [0.2, 0.25) is 5.95 Å². The van der Waals surface area contributed by atoms with Crippen LogP contribution in [0.4, 0.5) is 4.39 Å². The molecule has 9 nitrogen and oxygen atoms in total. The second kappa shape index (κ2) is 9.43. The Kier molecular flexibility index (Phi) is 6.51. The summed E-state index contributed by atoms with van der Waals surface area (Å²) in [6, 6.07) is 5.80. The van der Waals surface area contributed by atoms with Gasteiger partial charge in [-0.05, 0) is 58.4 Å². The number of pyridine rings is 2. The van der Waals surface area contributed by atoms with Crippen molar-refractivity contribution in [2.75, 3.05) is 6.54 Å². The molecule has 0 unspecified atom stereocenters. The molecule has 0 radical (unpaired) electrons. The fourth-order valence-corrected chi connectivity index (χ4v) is 5.28. The Bertz CT molecular complexity index is 1420. The predicted molar refractivity (Wildman–Crippen MR) is 138 cm³/mol. The molecule has 0 fully saturated rings. The molecular weight excluding hydrogens is 511 g/mol. The van der Waals surface area contributed by atoms with Gasteiger partial charge in [0.15, 0.2) is 0 Å². The lowest BCUT2D eigenvalue weighted by Crippen LogP contribution is -2.45. The van der Waals surface area contributed by atoms with E-state index in [-0.39, 0.29) is 41.3 Å². The molecule has 0 saturated carbocycles. The van der Waals surface area contributed by atoms with Crippen molar-refractivity contribution < 1.29 is 19.1 Å². The molecule has 2 amide bonds. The van der Waals surface area contributed by atoms with Gasteiger partial charge in [-0.2, -0.15) is 9.49 Å². The van der Waals surface area contributed by atoms with Gasteiger partial charge in [0, 0.05) is 30.8 Å². The second-order valence-corrected chi connectivity index (χ2v) is 11.1. The van der Waals surface area contributed by atoms with Gasteiger partial charge in [-0.25, -0.2) is 4.98 Å². The zero-order chi connectivity index (χ0) is 27.5. The number of carbonyl (C=O) groups excluding carboxylic acids is 2. The van der Waals surface area contributed by atoms with Crippen LogP contribution >= 0.6 is 11.6 Å². The Labute approximate surface area is 225 Å². The molecule has 2 aliphatic rings. The zero-order valence-corrected chi connectivity index (χ0v) is 22.7. The number of aliphatic hydroxyl groups is 1. The van der Waals surface area contributed by atoms with Gasteiger partial charge in [-0.15, -0.1) is 0 Å². The normalized spacial score (nSPS) is 20.3. The van der Waals surface area contributed by atoms with E-state index < -0.39 is 17.5 Å². The summed E-state index contributed by atoms with van der Waals surface area (Å²) < 4.78 is 15.7. The van der Waals surface area contributed by atoms with Crippen molar-refractivity contribution in [1.82, 2.24) is 29.5 Å². The molecule has 1 N–H and O–H groups in total. The molecular formula is C27H30ClFN6O3. The molecule has 11 heteroatoms. The van der Waals surface area contributed by atoms with Crippen LogP contribution in [0.1, 0.15) is 90.2 Å². The number of carbonyl (C=O) groups is 2. The summed E-state index contributed by atoms with van der Waals surface area (Å²) in [6.07, 6.45) is 2.16. The minimum absolute atomic E-state index is 0.0415. The van der Waals surface area contributed by atoms with Crippen molar-refractivity contribution in [2.45, 2.75) is 71.3 Å². The highest BCUT2D eigenvalue weighted by molar-refractivity contribution is 6.30. The third kappa shape index (κ3) is 4.45. The van der Waals surface area contributed by atoms with Gasteiger partial charge >= 0.3 is 0 Å². The van der Waals surface area contributed by atoms with Gasteiger partial charge in [-0.3, -0.25) is 19.3 Å². The average molecular weight is 541 g/mol. The summed E-state index contributed by atoms with van der Waals surface area (Å²) in [5, 5.41) is 14.8. The summed E-state index contributed by atoms with van der Waals surface area (Å²) in [7, 11) is 0. The Hall–Kier alpha value is -3.37. The van der Waals surface area contributed by atoms with Crippen LogP contribution in [0.2, 0.25) is 5.02 Å². The maximum atomic E-state index is 14.0. The molecule has 3 aromatic rings. The van der Waals surface area contributed by atoms with E-state index in [1.807, 2.05) is 26.8 Å². The molecule has 38 heavy (non-hydrogen) atoms. The highest BCUT2D eigenvalue weighted by atomic mass is 35.5. The van der Waals surface area contributed by atoms with Crippen molar-refractivity contribution in [3.8, 4) is 0 Å². The molecule has 0 saturated heterocycles. The van der Waals surface area contributed by atoms with Crippen molar-refractivity contribution in [3.63, 3.8) is 0 Å². The van der Waals surface area contributed by atoms with Crippen molar-refractivity contribution in [1.29, 1.82) is 0 Å². The molecule has 5 heterocycles. The van der Waals surface area contributed by atoms with Gasteiger partial charge in [0.05, 0.1) is 35.0 Å². The number of rotatable bonds is 4. The minimum Gasteiger partial charge on any atom is -0.384 e. The number of nitrogens with zero attached hydrogens (tertiary/aromatic N) is 6. The molecule has 200 valence electrons. The van der Waals surface area contributed by atoms with Crippen LogP contribution in [0.15, 0.2) is 30.5 Å². The number of aromatic nitrogens is 4. The molecule has 0 bridgehead atoms. The summed E-state index contributed by atoms with van der Waals surface area (Å²) in [6.45, 7) is 9.83. The van der Waals surface area contributed by atoms with Crippen molar-refractivity contribution in [3.05, 3.63) is 75.3 Å². The lowest BCUT2D eigenvalue weighted by Gasteiger charge is -2.37. The topological polar surface area (TPSA) is 104 Å². The molecule has 0 aliphatic carbocycles. The number of halogens is 2. The van der Waals surface area contributed by atoms with E-state index in [1.54, 1.807) is 40.6 Å². The average Bonchev–Trinajstić information content (AvgIpc) is 3.25. The third-order valence-corrected chi connectivity index (χ3v) is 7.71. The third-order valence-electron chi connectivity index (χ3n) is 7.43. The van der Waals surface area contributed by atoms with Crippen LogP contribution in [0.5, 0.6) is 0 Å². The Morgan fingerprint density at radius 1 is 1.21 bits per heavy atom. The fraction of sp³-hybridized carbons (Fsp3) is 0.444. The van der Waals surface area contributed by atoms with Gasteiger partial charge < -0.3 is 14.9 Å².